The predicted molar refractivity (Wildman–Crippen MR) is 92.4 cm³/mol. The van der Waals surface area contributed by atoms with E-state index in [1.807, 2.05) is 0 Å². The summed E-state index contributed by atoms with van der Waals surface area (Å²) < 4.78 is 22.2. The summed E-state index contributed by atoms with van der Waals surface area (Å²) in [5, 5.41) is 8.09. The van der Waals surface area contributed by atoms with Gasteiger partial charge in [-0.1, -0.05) is 12.1 Å². The molecule has 0 spiro atoms. The van der Waals surface area contributed by atoms with Crippen molar-refractivity contribution in [2.24, 2.45) is 34.7 Å². The Morgan fingerprint density at radius 3 is 2.04 bits per heavy atom. The van der Waals surface area contributed by atoms with Gasteiger partial charge in [0.2, 0.25) is 15.9 Å². The van der Waals surface area contributed by atoms with Crippen LogP contribution < -0.4 is 10.5 Å². The lowest BCUT2D eigenvalue weighted by atomic mass is 9.51. The fourth-order valence-electron chi connectivity index (χ4n) is 5.50. The van der Waals surface area contributed by atoms with Crippen LogP contribution in [-0.4, -0.2) is 14.3 Å². The SMILES string of the molecule is NS(=O)(=O)Cc1ccc(NC(=O)C2C3CC4CC(C3)CC2C4)cc1. The minimum absolute atomic E-state index is 0.142. The molecule has 0 saturated heterocycles. The molecule has 130 valence electrons. The molecule has 24 heavy (non-hydrogen) atoms. The predicted octanol–water partition coefficient (Wildman–Crippen LogP) is 2.49. The van der Waals surface area contributed by atoms with Gasteiger partial charge in [0.25, 0.3) is 0 Å². The fraction of sp³-hybridized carbons (Fsp3) is 0.611. The Hall–Kier alpha value is -1.40. The number of sulfonamides is 1. The van der Waals surface area contributed by atoms with Gasteiger partial charge in [-0.25, -0.2) is 13.6 Å². The summed E-state index contributed by atoms with van der Waals surface area (Å²) in [7, 11) is -3.53. The highest BCUT2D eigenvalue weighted by atomic mass is 32.2. The second-order valence-corrected chi connectivity index (χ2v) is 9.56. The number of amides is 1. The quantitative estimate of drug-likeness (QED) is 0.876. The lowest BCUT2D eigenvalue weighted by Crippen LogP contribution is -2.49. The van der Waals surface area contributed by atoms with Crippen LogP contribution in [0.2, 0.25) is 0 Å². The average Bonchev–Trinajstić information content (AvgIpc) is 2.46. The Morgan fingerprint density at radius 2 is 1.54 bits per heavy atom. The van der Waals surface area contributed by atoms with E-state index < -0.39 is 10.0 Å². The first-order chi connectivity index (χ1) is 11.4. The number of anilines is 1. The molecule has 1 aromatic carbocycles. The van der Waals surface area contributed by atoms with Crippen LogP contribution in [0.3, 0.4) is 0 Å². The van der Waals surface area contributed by atoms with Crippen LogP contribution >= 0.6 is 0 Å². The molecule has 0 radical (unpaired) electrons. The number of primary sulfonamides is 1. The van der Waals surface area contributed by atoms with Crippen LogP contribution in [0.15, 0.2) is 24.3 Å². The normalized spacial score (nSPS) is 34.3. The summed E-state index contributed by atoms with van der Waals surface area (Å²) in [5.74, 6) is 2.94. The van der Waals surface area contributed by atoms with E-state index in [2.05, 4.69) is 5.32 Å². The molecule has 4 bridgehead atoms. The number of hydrogen-bond donors (Lipinski definition) is 2. The second kappa shape index (κ2) is 5.85. The molecule has 3 N–H and O–H groups in total. The van der Waals surface area contributed by atoms with Crippen LogP contribution in [0.4, 0.5) is 5.69 Å². The van der Waals surface area contributed by atoms with Gasteiger partial charge in [-0.15, -0.1) is 0 Å². The fourth-order valence-corrected chi connectivity index (χ4v) is 6.15. The van der Waals surface area contributed by atoms with Crippen LogP contribution in [-0.2, 0) is 20.6 Å². The van der Waals surface area contributed by atoms with E-state index in [1.165, 1.54) is 32.1 Å². The number of carbonyl (C=O) groups excluding carboxylic acids is 1. The molecular formula is C18H24N2O3S. The maximum Gasteiger partial charge on any atom is 0.228 e. The first kappa shape index (κ1) is 16.1. The first-order valence-corrected chi connectivity index (χ1v) is 10.5. The molecule has 0 unspecified atom stereocenters. The molecule has 0 aliphatic heterocycles. The number of carbonyl (C=O) groups is 1. The number of rotatable bonds is 4. The lowest BCUT2D eigenvalue weighted by molar-refractivity contribution is -0.132. The molecule has 4 aliphatic carbocycles. The molecule has 1 aromatic rings. The van der Waals surface area contributed by atoms with Gasteiger partial charge in [0, 0.05) is 11.6 Å². The lowest BCUT2D eigenvalue weighted by Gasteiger charge is -2.53. The molecule has 5 nitrogen and oxygen atoms in total. The molecule has 1 amide bonds. The van der Waals surface area contributed by atoms with Gasteiger partial charge >= 0.3 is 0 Å². The number of hydrogen-bond acceptors (Lipinski definition) is 3. The number of nitrogens with one attached hydrogen (secondary N) is 1. The van der Waals surface area contributed by atoms with Gasteiger partial charge in [0.15, 0.2) is 0 Å². The number of benzene rings is 1. The monoisotopic (exact) mass is 348 g/mol. The summed E-state index contributed by atoms with van der Waals surface area (Å²) in [4.78, 5) is 12.8. The van der Waals surface area contributed by atoms with E-state index in [0.717, 1.165) is 17.5 Å². The van der Waals surface area contributed by atoms with Crippen LogP contribution in [0.25, 0.3) is 0 Å². The van der Waals surface area contributed by atoms with E-state index in [9.17, 15) is 13.2 Å². The molecule has 4 saturated carbocycles. The zero-order chi connectivity index (χ0) is 16.9. The minimum Gasteiger partial charge on any atom is -0.326 e. The highest BCUT2D eigenvalue weighted by Crippen LogP contribution is 2.56. The van der Waals surface area contributed by atoms with Gasteiger partial charge < -0.3 is 5.32 Å². The Morgan fingerprint density at radius 1 is 1.00 bits per heavy atom. The summed E-state index contributed by atoms with van der Waals surface area (Å²) >= 11 is 0. The second-order valence-electron chi connectivity index (χ2n) is 7.95. The van der Waals surface area contributed by atoms with Crippen molar-refractivity contribution in [2.45, 2.75) is 37.9 Å². The van der Waals surface area contributed by atoms with Crippen molar-refractivity contribution < 1.29 is 13.2 Å². The van der Waals surface area contributed by atoms with E-state index in [-0.39, 0.29) is 17.6 Å². The van der Waals surface area contributed by atoms with Crippen molar-refractivity contribution in [3.05, 3.63) is 29.8 Å². The summed E-state index contributed by atoms with van der Waals surface area (Å²) in [6.45, 7) is 0. The molecule has 4 fully saturated rings. The third-order valence-corrected chi connectivity index (χ3v) is 6.85. The highest BCUT2D eigenvalue weighted by molar-refractivity contribution is 7.88. The standard InChI is InChI=1S/C18H24N2O3S/c19-24(22,23)10-11-1-3-16(4-2-11)20-18(21)17-14-6-12-5-13(8-14)9-15(17)7-12/h1-4,12-15,17H,5-10H2,(H,20,21)(H2,19,22,23). The van der Waals surface area contributed by atoms with E-state index in [0.29, 0.717) is 17.4 Å². The Bertz CT molecular complexity index is 714. The largest absolute Gasteiger partial charge is 0.326 e. The maximum atomic E-state index is 12.8. The Balaban J connectivity index is 1.43. The van der Waals surface area contributed by atoms with Crippen molar-refractivity contribution in [1.82, 2.24) is 0 Å². The summed E-state index contributed by atoms with van der Waals surface area (Å²) in [6, 6.07) is 6.93. The summed E-state index contributed by atoms with van der Waals surface area (Å²) in [6.07, 6.45) is 6.26. The van der Waals surface area contributed by atoms with E-state index >= 15 is 0 Å². The molecule has 4 aliphatic rings. The topological polar surface area (TPSA) is 89.3 Å². The van der Waals surface area contributed by atoms with Crippen LogP contribution in [0.1, 0.15) is 37.7 Å². The number of nitrogens with two attached hydrogens (primary N) is 1. The molecule has 5 rings (SSSR count). The molecular weight excluding hydrogens is 324 g/mol. The Labute approximate surface area is 143 Å². The van der Waals surface area contributed by atoms with Gasteiger partial charge in [-0.2, -0.15) is 0 Å². The smallest absolute Gasteiger partial charge is 0.228 e. The highest BCUT2D eigenvalue weighted by Gasteiger charge is 2.50. The van der Waals surface area contributed by atoms with E-state index in [1.54, 1.807) is 24.3 Å². The zero-order valence-corrected chi connectivity index (χ0v) is 14.5. The molecule has 0 atom stereocenters. The molecule has 6 heteroatoms. The van der Waals surface area contributed by atoms with Crippen molar-refractivity contribution in [3.63, 3.8) is 0 Å². The van der Waals surface area contributed by atoms with Crippen molar-refractivity contribution in [3.8, 4) is 0 Å². The van der Waals surface area contributed by atoms with Crippen molar-refractivity contribution in [2.75, 3.05) is 5.32 Å². The third-order valence-electron chi connectivity index (χ3n) is 6.12. The Kier molecular flexibility index (Phi) is 3.92. The average molecular weight is 348 g/mol. The zero-order valence-electron chi connectivity index (χ0n) is 13.6. The van der Waals surface area contributed by atoms with Crippen LogP contribution in [0.5, 0.6) is 0 Å². The minimum atomic E-state index is -3.53. The molecule has 0 heterocycles. The molecule has 0 aromatic heterocycles. The van der Waals surface area contributed by atoms with Gasteiger partial charge in [-0.05, 0) is 73.5 Å². The van der Waals surface area contributed by atoms with Crippen molar-refractivity contribution in [1.29, 1.82) is 0 Å². The summed E-state index contributed by atoms with van der Waals surface area (Å²) in [5.41, 5.74) is 1.36. The van der Waals surface area contributed by atoms with Gasteiger partial charge in [0.05, 0.1) is 5.75 Å². The van der Waals surface area contributed by atoms with Crippen molar-refractivity contribution >= 4 is 21.6 Å². The maximum absolute atomic E-state index is 12.8. The van der Waals surface area contributed by atoms with Gasteiger partial charge in [-0.3, -0.25) is 4.79 Å². The third kappa shape index (κ3) is 3.22. The van der Waals surface area contributed by atoms with Crippen LogP contribution in [0, 0.1) is 29.6 Å². The first-order valence-electron chi connectivity index (χ1n) is 8.77. The van der Waals surface area contributed by atoms with E-state index in [4.69, 9.17) is 5.14 Å². The van der Waals surface area contributed by atoms with Gasteiger partial charge in [0.1, 0.15) is 0 Å².